The molecule has 0 spiro atoms. The van der Waals surface area contributed by atoms with Crippen LogP contribution < -0.4 is 0 Å². The predicted octanol–water partition coefficient (Wildman–Crippen LogP) is 6.76. The van der Waals surface area contributed by atoms with Gasteiger partial charge >= 0.3 is 0 Å². The van der Waals surface area contributed by atoms with Gasteiger partial charge in [-0.2, -0.15) is 0 Å². The maximum Gasteiger partial charge on any atom is 0.0721 e. The SMILES string of the molecule is C=Cc1ccc(-c2ccc(-c3ccc(COC/C=C/C)cc3)cc2)cc1. The van der Waals surface area contributed by atoms with Crippen LogP contribution in [0.3, 0.4) is 0 Å². The molecule has 0 aliphatic heterocycles. The van der Waals surface area contributed by atoms with E-state index in [4.69, 9.17) is 4.74 Å². The molecule has 0 unspecified atom stereocenters. The van der Waals surface area contributed by atoms with Crippen molar-refractivity contribution in [3.63, 3.8) is 0 Å². The molecule has 0 aromatic heterocycles. The van der Waals surface area contributed by atoms with E-state index in [0.29, 0.717) is 13.2 Å². The molecule has 0 aliphatic rings. The summed E-state index contributed by atoms with van der Waals surface area (Å²) in [4.78, 5) is 0. The lowest BCUT2D eigenvalue weighted by Crippen LogP contribution is -1.92. The van der Waals surface area contributed by atoms with Crippen molar-refractivity contribution in [2.24, 2.45) is 0 Å². The maximum atomic E-state index is 5.59. The molecule has 0 N–H and O–H groups in total. The highest BCUT2D eigenvalue weighted by atomic mass is 16.5. The summed E-state index contributed by atoms with van der Waals surface area (Å²) in [7, 11) is 0. The molecule has 3 rings (SSSR count). The summed E-state index contributed by atoms with van der Waals surface area (Å²) in [6, 6.07) is 25.7. The molecule has 1 nitrogen and oxygen atoms in total. The van der Waals surface area contributed by atoms with E-state index in [-0.39, 0.29) is 0 Å². The van der Waals surface area contributed by atoms with Gasteiger partial charge in [0.2, 0.25) is 0 Å². The normalized spacial score (nSPS) is 11.0. The lowest BCUT2D eigenvalue weighted by molar-refractivity contribution is 0.148. The van der Waals surface area contributed by atoms with Gasteiger partial charge in [0.15, 0.2) is 0 Å². The molecule has 0 heterocycles. The molecular weight excluding hydrogens is 316 g/mol. The van der Waals surface area contributed by atoms with Crippen LogP contribution in [0.2, 0.25) is 0 Å². The second kappa shape index (κ2) is 8.98. The smallest absolute Gasteiger partial charge is 0.0721 e. The van der Waals surface area contributed by atoms with Crippen LogP contribution >= 0.6 is 0 Å². The molecule has 0 amide bonds. The van der Waals surface area contributed by atoms with Crippen molar-refractivity contribution in [2.45, 2.75) is 13.5 Å². The Labute approximate surface area is 156 Å². The Hall–Kier alpha value is -2.90. The molecule has 3 aromatic rings. The predicted molar refractivity (Wildman–Crippen MR) is 112 cm³/mol. The Kier molecular flexibility index (Phi) is 6.19. The van der Waals surface area contributed by atoms with Gasteiger partial charge in [-0.05, 0) is 40.3 Å². The van der Waals surface area contributed by atoms with E-state index in [1.807, 2.05) is 25.2 Å². The number of benzene rings is 3. The second-order valence-electron chi connectivity index (χ2n) is 6.18. The van der Waals surface area contributed by atoms with E-state index in [1.54, 1.807) is 0 Å². The van der Waals surface area contributed by atoms with Crippen LogP contribution in [0.1, 0.15) is 18.1 Å². The minimum absolute atomic E-state index is 0.643. The van der Waals surface area contributed by atoms with E-state index in [1.165, 1.54) is 27.8 Å². The van der Waals surface area contributed by atoms with Crippen LogP contribution in [0.5, 0.6) is 0 Å². The zero-order valence-corrected chi connectivity index (χ0v) is 15.2. The molecular formula is C25H24O. The number of rotatable bonds is 7. The number of ether oxygens (including phenoxy) is 1. The van der Waals surface area contributed by atoms with Crippen LogP contribution in [0.4, 0.5) is 0 Å². The van der Waals surface area contributed by atoms with Gasteiger partial charge in [0, 0.05) is 0 Å². The lowest BCUT2D eigenvalue weighted by atomic mass is 9.99. The highest BCUT2D eigenvalue weighted by molar-refractivity contribution is 5.71. The van der Waals surface area contributed by atoms with Crippen molar-refractivity contribution in [1.82, 2.24) is 0 Å². The van der Waals surface area contributed by atoms with Crippen LogP contribution in [0.15, 0.2) is 91.5 Å². The van der Waals surface area contributed by atoms with Crippen LogP contribution in [0, 0.1) is 0 Å². The van der Waals surface area contributed by atoms with E-state index in [0.717, 1.165) is 5.56 Å². The summed E-state index contributed by atoms with van der Waals surface area (Å²) < 4.78 is 5.59. The standard InChI is InChI=1S/C25H24O/c1-3-5-18-26-19-21-8-12-23(13-9-21)25-16-14-24(15-17-25)22-10-6-20(4-2)7-11-22/h3-17H,2,18-19H2,1H3/b5-3+. The molecule has 0 bridgehead atoms. The number of allylic oxidation sites excluding steroid dienone is 1. The molecule has 0 fully saturated rings. The molecule has 3 aromatic carbocycles. The fourth-order valence-corrected chi connectivity index (χ4v) is 2.80. The van der Waals surface area contributed by atoms with Crippen molar-refractivity contribution in [1.29, 1.82) is 0 Å². The zero-order valence-electron chi connectivity index (χ0n) is 15.2. The first-order chi connectivity index (χ1) is 12.8. The van der Waals surface area contributed by atoms with Gasteiger partial charge in [0.05, 0.1) is 13.2 Å². The van der Waals surface area contributed by atoms with Gasteiger partial charge < -0.3 is 4.74 Å². The molecule has 0 radical (unpaired) electrons. The maximum absolute atomic E-state index is 5.59. The summed E-state index contributed by atoms with van der Waals surface area (Å²) in [6.45, 7) is 7.10. The molecule has 130 valence electrons. The van der Waals surface area contributed by atoms with Crippen molar-refractivity contribution in [3.8, 4) is 22.3 Å². The zero-order chi connectivity index (χ0) is 18.2. The lowest BCUT2D eigenvalue weighted by Gasteiger charge is -2.07. The topological polar surface area (TPSA) is 9.23 Å². The summed E-state index contributed by atoms with van der Waals surface area (Å²) >= 11 is 0. The fourth-order valence-electron chi connectivity index (χ4n) is 2.80. The van der Waals surface area contributed by atoms with Gasteiger partial charge in [0.25, 0.3) is 0 Å². The monoisotopic (exact) mass is 340 g/mol. The first-order valence-electron chi connectivity index (χ1n) is 8.91. The van der Waals surface area contributed by atoms with E-state index in [9.17, 15) is 0 Å². The first kappa shape index (κ1) is 17.9. The minimum atomic E-state index is 0.643. The first-order valence-corrected chi connectivity index (χ1v) is 8.91. The van der Waals surface area contributed by atoms with Gasteiger partial charge in [-0.1, -0.05) is 97.6 Å². The van der Waals surface area contributed by atoms with Gasteiger partial charge in [-0.3, -0.25) is 0 Å². The highest BCUT2D eigenvalue weighted by Crippen LogP contribution is 2.25. The fraction of sp³-hybridized carbons (Fsp3) is 0.120. The van der Waals surface area contributed by atoms with E-state index >= 15 is 0 Å². The summed E-state index contributed by atoms with van der Waals surface area (Å²) in [5.41, 5.74) is 7.21. The Morgan fingerprint density at radius 2 is 1.19 bits per heavy atom. The van der Waals surface area contributed by atoms with E-state index < -0.39 is 0 Å². The third-order valence-corrected chi connectivity index (χ3v) is 4.37. The largest absolute Gasteiger partial charge is 0.373 e. The quantitative estimate of drug-likeness (QED) is 0.341. The van der Waals surface area contributed by atoms with Crippen molar-refractivity contribution >= 4 is 6.08 Å². The average molecular weight is 340 g/mol. The molecule has 26 heavy (non-hydrogen) atoms. The average Bonchev–Trinajstić information content (AvgIpc) is 2.72. The molecule has 0 aliphatic carbocycles. The van der Waals surface area contributed by atoms with Gasteiger partial charge in [-0.15, -0.1) is 0 Å². The number of hydrogen-bond acceptors (Lipinski definition) is 1. The van der Waals surface area contributed by atoms with Crippen molar-refractivity contribution in [2.75, 3.05) is 6.61 Å². The summed E-state index contributed by atoms with van der Waals surface area (Å²) in [5, 5.41) is 0. The van der Waals surface area contributed by atoms with Crippen molar-refractivity contribution < 1.29 is 4.74 Å². The molecule has 0 saturated carbocycles. The van der Waals surface area contributed by atoms with Gasteiger partial charge in [0.1, 0.15) is 0 Å². The van der Waals surface area contributed by atoms with Gasteiger partial charge in [-0.25, -0.2) is 0 Å². The van der Waals surface area contributed by atoms with Crippen LogP contribution in [-0.4, -0.2) is 6.61 Å². The third-order valence-electron chi connectivity index (χ3n) is 4.37. The minimum Gasteiger partial charge on any atom is -0.373 e. The molecule has 0 atom stereocenters. The third kappa shape index (κ3) is 4.59. The van der Waals surface area contributed by atoms with E-state index in [2.05, 4.69) is 79.4 Å². The Balaban J connectivity index is 1.68. The molecule has 0 saturated heterocycles. The highest BCUT2D eigenvalue weighted by Gasteiger charge is 2.01. The Morgan fingerprint density at radius 1 is 0.731 bits per heavy atom. The number of hydrogen-bond donors (Lipinski definition) is 0. The van der Waals surface area contributed by atoms with Crippen LogP contribution in [-0.2, 0) is 11.3 Å². The second-order valence-corrected chi connectivity index (χ2v) is 6.18. The van der Waals surface area contributed by atoms with Crippen molar-refractivity contribution in [3.05, 3.63) is 103 Å². The van der Waals surface area contributed by atoms with Crippen LogP contribution in [0.25, 0.3) is 28.3 Å². The summed E-state index contributed by atoms with van der Waals surface area (Å²) in [6.07, 6.45) is 5.88. The summed E-state index contributed by atoms with van der Waals surface area (Å²) in [5.74, 6) is 0. The molecule has 1 heteroatoms. The Morgan fingerprint density at radius 3 is 1.65 bits per heavy atom. The Bertz CT molecular complexity index is 854.